The summed E-state index contributed by atoms with van der Waals surface area (Å²) >= 11 is 0. The highest BCUT2D eigenvalue weighted by atomic mass is 32.2. The molecule has 5 nitrogen and oxygen atoms in total. The van der Waals surface area contributed by atoms with E-state index in [1.165, 1.54) is 10.4 Å². The van der Waals surface area contributed by atoms with Gasteiger partial charge in [-0.25, -0.2) is 8.42 Å². The molecule has 0 aliphatic carbocycles. The molecule has 2 N–H and O–H groups in total. The smallest absolute Gasteiger partial charge is 0.243 e. The molecule has 0 aliphatic rings. The standard InChI is InChI=1S/C13H19N3O2S/c1-4-16(9-10(2)8-14)19(17,18)13-6-5-12(15)7-11(13)3/h5-7,10H,4,9,15H2,1-3H3. The van der Waals surface area contributed by atoms with Gasteiger partial charge in [0.25, 0.3) is 0 Å². The lowest BCUT2D eigenvalue weighted by atomic mass is 10.2. The molecule has 1 unspecified atom stereocenters. The molecule has 19 heavy (non-hydrogen) atoms. The Labute approximate surface area is 114 Å². The van der Waals surface area contributed by atoms with Gasteiger partial charge in [-0.05, 0) is 37.6 Å². The van der Waals surface area contributed by atoms with Gasteiger partial charge >= 0.3 is 0 Å². The zero-order valence-corrected chi connectivity index (χ0v) is 12.2. The molecule has 0 bridgehead atoms. The minimum absolute atomic E-state index is 0.194. The third kappa shape index (κ3) is 3.46. The Balaban J connectivity index is 3.18. The molecular weight excluding hydrogens is 262 g/mol. The summed E-state index contributed by atoms with van der Waals surface area (Å²) in [7, 11) is -3.58. The van der Waals surface area contributed by atoms with Crippen LogP contribution in [0, 0.1) is 24.2 Å². The maximum Gasteiger partial charge on any atom is 0.243 e. The summed E-state index contributed by atoms with van der Waals surface area (Å²) in [5, 5.41) is 8.82. The van der Waals surface area contributed by atoms with E-state index in [1.807, 2.05) is 0 Å². The number of nitriles is 1. The van der Waals surface area contributed by atoms with E-state index in [0.29, 0.717) is 17.8 Å². The van der Waals surface area contributed by atoms with Gasteiger partial charge in [0, 0.05) is 18.8 Å². The second-order valence-corrected chi connectivity index (χ2v) is 6.42. The third-order valence-corrected chi connectivity index (χ3v) is 4.97. The van der Waals surface area contributed by atoms with Crippen molar-refractivity contribution in [1.82, 2.24) is 4.31 Å². The molecule has 1 atom stereocenters. The van der Waals surface area contributed by atoms with E-state index in [0.717, 1.165) is 0 Å². The number of nitrogen functional groups attached to an aromatic ring is 1. The van der Waals surface area contributed by atoms with Gasteiger partial charge in [-0.15, -0.1) is 0 Å². The van der Waals surface area contributed by atoms with Crippen LogP contribution in [0.25, 0.3) is 0 Å². The predicted octanol–water partition coefficient (Wildman–Crippen LogP) is 1.75. The molecule has 0 amide bonds. The van der Waals surface area contributed by atoms with Gasteiger partial charge in [-0.1, -0.05) is 6.92 Å². The number of nitrogens with zero attached hydrogens (tertiary/aromatic N) is 2. The van der Waals surface area contributed by atoms with E-state index in [4.69, 9.17) is 11.0 Å². The van der Waals surface area contributed by atoms with Crippen LogP contribution >= 0.6 is 0 Å². The summed E-state index contributed by atoms with van der Waals surface area (Å²) in [6.45, 7) is 5.70. The first kappa shape index (κ1) is 15.5. The van der Waals surface area contributed by atoms with Crippen molar-refractivity contribution in [3.63, 3.8) is 0 Å². The van der Waals surface area contributed by atoms with Gasteiger partial charge < -0.3 is 5.73 Å². The van der Waals surface area contributed by atoms with Crippen LogP contribution in [0.15, 0.2) is 23.1 Å². The molecule has 0 radical (unpaired) electrons. The third-order valence-electron chi connectivity index (χ3n) is 2.87. The van der Waals surface area contributed by atoms with E-state index in [-0.39, 0.29) is 17.4 Å². The number of benzene rings is 1. The molecular formula is C13H19N3O2S. The molecule has 0 aliphatic heterocycles. The second-order valence-electron chi connectivity index (χ2n) is 4.51. The van der Waals surface area contributed by atoms with Crippen molar-refractivity contribution in [3.05, 3.63) is 23.8 Å². The molecule has 0 fully saturated rings. The Bertz CT molecular complexity index is 590. The van der Waals surface area contributed by atoms with Gasteiger partial charge in [0.2, 0.25) is 10.0 Å². The highest BCUT2D eigenvalue weighted by molar-refractivity contribution is 7.89. The Hall–Kier alpha value is -1.58. The highest BCUT2D eigenvalue weighted by Gasteiger charge is 2.26. The monoisotopic (exact) mass is 281 g/mol. The van der Waals surface area contributed by atoms with E-state index < -0.39 is 10.0 Å². The van der Waals surface area contributed by atoms with Crippen LogP contribution in [0.3, 0.4) is 0 Å². The number of rotatable bonds is 5. The van der Waals surface area contributed by atoms with E-state index >= 15 is 0 Å². The zero-order chi connectivity index (χ0) is 14.6. The molecule has 0 heterocycles. The first-order valence-electron chi connectivity index (χ1n) is 6.08. The number of aryl methyl sites for hydroxylation is 1. The van der Waals surface area contributed by atoms with Gasteiger partial charge in [0.05, 0.1) is 16.9 Å². The second kappa shape index (κ2) is 6.04. The Morgan fingerprint density at radius 1 is 1.47 bits per heavy atom. The average molecular weight is 281 g/mol. The zero-order valence-electron chi connectivity index (χ0n) is 11.4. The Morgan fingerprint density at radius 3 is 2.58 bits per heavy atom. The molecule has 104 valence electrons. The molecule has 1 aromatic carbocycles. The highest BCUT2D eigenvalue weighted by Crippen LogP contribution is 2.22. The summed E-state index contributed by atoms with van der Waals surface area (Å²) in [6.07, 6.45) is 0. The fourth-order valence-corrected chi connectivity index (χ4v) is 3.59. The lowest BCUT2D eigenvalue weighted by molar-refractivity contribution is 0.399. The molecule has 0 saturated carbocycles. The maximum atomic E-state index is 12.5. The summed E-state index contributed by atoms with van der Waals surface area (Å²) in [5.41, 5.74) is 6.78. The summed E-state index contributed by atoms with van der Waals surface area (Å²) in [5.74, 6) is -0.344. The summed E-state index contributed by atoms with van der Waals surface area (Å²) in [4.78, 5) is 0.244. The van der Waals surface area contributed by atoms with Crippen LogP contribution in [0.4, 0.5) is 5.69 Å². The van der Waals surface area contributed by atoms with Crippen molar-refractivity contribution in [2.24, 2.45) is 5.92 Å². The van der Waals surface area contributed by atoms with Crippen molar-refractivity contribution in [2.45, 2.75) is 25.7 Å². The van der Waals surface area contributed by atoms with Crippen molar-refractivity contribution in [3.8, 4) is 6.07 Å². The minimum atomic E-state index is -3.58. The number of nitrogens with two attached hydrogens (primary N) is 1. The molecule has 1 rings (SSSR count). The topological polar surface area (TPSA) is 87.2 Å². The molecule has 0 spiro atoms. The SMILES string of the molecule is CCN(CC(C)C#N)S(=O)(=O)c1ccc(N)cc1C. The van der Waals surface area contributed by atoms with E-state index in [9.17, 15) is 8.42 Å². The van der Waals surface area contributed by atoms with Crippen molar-refractivity contribution < 1.29 is 8.42 Å². The number of anilines is 1. The lowest BCUT2D eigenvalue weighted by Crippen LogP contribution is -2.34. The van der Waals surface area contributed by atoms with Crippen LogP contribution in [-0.2, 0) is 10.0 Å². The number of sulfonamides is 1. The van der Waals surface area contributed by atoms with Crippen molar-refractivity contribution >= 4 is 15.7 Å². The largest absolute Gasteiger partial charge is 0.399 e. The van der Waals surface area contributed by atoms with Gasteiger partial charge in [0.15, 0.2) is 0 Å². The Kier molecular flexibility index (Phi) is 4.92. The maximum absolute atomic E-state index is 12.5. The first-order valence-corrected chi connectivity index (χ1v) is 7.52. The Morgan fingerprint density at radius 2 is 2.11 bits per heavy atom. The normalized spacial score (nSPS) is 13.2. The fourth-order valence-electron chi connectivity index (χ4n) is 1.84. The summed E-state index contributed by atoms with van der Waals surface area (Å²) < 4.78 is 26.4. The van der Waals surface area contributed by atoms with E-state index in [1.54, 1.807) is 32.9 Å². The van der Waals surface area contributed by atoms with Crippen molar-refractivity contribution in [2.75, 3.05) is 18.8 Å². The summed E-state index contributed by atoms with van der Waals surface area (Å²) in [6, 6.07) is 6.77. The lowest BCUT2D eigenvalue weighted by Gasteiger charge is -2.22. The van der Waals surface area contributed by atoms with Gasteiger partial charge in [0.1, 0.15) is 0 Å². The van der Waals surface area contributed by atoms with Crippen LogP contribution in [0.2, 0.25) is 0 Å². The molecule has 6 heteroatoms. The fraction of sp³-hybridized carbons (Fsp3) is 0.462. The van der Waals surface area contributed by atoms with Crippen LogP contribution < -0.4 is 5.73 Å². The number of hydrogen-bond acceptors (Lipinski definition) is 4. The van der Waals surface area contributed by atoms with Crippen LogP contribution in [0.5, 0.6) is 0 Å². The minimum Gasteiger partial charge on any atom is -0.399 e. The molecule has 1 aromatic rings. The molecule has 0 aromatic heterocycles. The predicted molar refractivity (Wildman–Crippen MR) is 74.8 cm³/mol. The van der Waals surface area contributed by atoms with Gasteiger partial charge in [-0.2, -0.15) is 9.57 Å². The van der Waals surface area contributed by atoms with E-state index in [2.05, 4.69) is 6.07 Å². The van der Waals surface area contributed by atoms with Crippen LogP contribution in [-0.4, -0.2) is 25.8 Å². The first-order chi connectivity index (χ1) is 8.82. The van der Waals surface area contributed by atoms with Gasteiger partial charge in [-0.3, -0.25) is 0 Å². The quantitative estimate of drug-likeness (QED) is 0.833. The number of hydrogen-bond donors (Lipinski definition) is 1. The molecule has 0 saturated heterocycles. The van der Waals surface area contributed by atoms with Crippen LogP contribution in [0.1, 0.15) is 19.4 Å². The average Bonchev–Trinajstić information content (AvgIpc) is 2.34. The van der Waals surface area contributed by atoms with Crippen molar-refractivity contribution in [1.29, 1.82) is 5.26 Å².